The Bertz CT molecular complexity index is 1310. The number of rotatable bonds is 3. The highest BCUT2D eigenvalue weighted by molar-refractivity contribution is 6.10. The quantitative estimate of drug-likeness (QED) is 0.503. The largest absolute Gasteiger partial charge is 0.454 e. The van der Waals surface area contributed by atoms with E-state index >= 15 is 0 Å². The molecule has 5 heteroatoms. The first-order valence-electron chi connectivity index (χ1n) is 9.39. The van der Waals surface area contributed by atoms with Crippen LogP contribution in [0, 0.1) is 19.8 Å². The van der Waals surface area contributed by atoms with Gasteiger partial charge >= 0.3 is 5.63 Å². The average Bonchev–Trinajstić information content (AvgIpc) is 3.44. The number of hydrogen-bond donors (Lipinski definition) is 1. The van der Waals surface area contributed by atoms with Crippen molar-refractivity contribution >= 4 is 33.5 Å². The maximum Gasteiger partial charge on any atom is 0.336 e. The third kappa shape index (κ3) is 2.71. The zero-order valence-corrected chi connectivity index (χ0v) is 15.7. The van der Waals surface area contributed by atoms with Crippen LogP contribution in [0.3, 0.4) is 0 Å². The number of carbonyl (C=O) groups is 1. The molecule has 4 aromatic rings. The van der Waals surface area contributed by atoms with Crippen LogP contribution in [-0.2, 0) is 4.79 Å². The molecule has 5 rings (SSSR count). The fraction of sp³-hybridized carbons (Fsp3) is 0.217. The van der Waals surface area contributed by atoms with Crippen LogP contribution < -0.4 is 10.9 Å². The van der Waals surface area contributed by atoms with Crippen molar-refractivity contribution in [2.45, 2.75) is 26.7 Å². The summed E-state index contributed by atoms with van der Waals surface area (Å²) in [6, 6.07) is 12.9. The Morgan fingerprint density at radius 3 is 2.61 bits per heavy atom. The number of anilines is 1. The van der Waals surface area contributed by atoms with Crippen molar-refractivity contribution in [3.05, 3.63) is 64.0 Å². The van der Waals surface area contributed by atoms with E-state index < -0.39 is 5.63 Å². The standard InChI is InChI=1S/C23H19NO4/c1-12-9-13(2)20-16(11-19(25)27-18(20)10-12)22-21(24-23(26)14-7-8-14)15-5-3-4-6-17(15)28-22/h3-6,9-11,14H,7-8H2,1-2H3,(H,24,26). The van der Waals surface area contributed by atoms with Gasteiger partial charge in [0.25, 0.3) is 0 Å². The molecule has 1 N–H and O–H groups in total. The van der Waals surface area contributed by atoms with Crippen molar-refractivity contribution < 1.29 is 13.6 Å². The molecule has 1 aliphatic carbocycles. The van der Waals surface area contributed by atoms with Crippen molar-refractivity contribution in [2.75, 3.05) is 5.32 Å². The molecular formula is C23H19NO4. The molecule has 1 amide bonds. The van der Waals surface area contributed by atoms with E-state index in [4.69, 9.17) is 8.83 Å². The molecule has 0 bridgehead atoms. The molecule has 1 saturated carbocycles. The Labute approximate surface area is 161 Å². The van der Waals surface area contributed by atoms with Crippen LogP contribution in [0.4, 0.5) is 5.69 Å². The van der Waals surface area contributed by atoms with Gasteiger partial charge < -0.3 is 14.2 Å². The van der Waals surface area contributed by atoms with Crippen LogP contribution in [-0.4, -0.2) is 5.91 Å². The van der Waals surface area contributed by atoms with Crippen LogP contribution >= 0.6 is 0 Å². The number of nitrogens with one attached hydrogen (secondary N) is 1. The third-order valence-electron chi connectivity index (χ3n) is 5.22. The molecule has 2 heterocycles. The summed E-state index contributed by atoms with van der Waals surface area (Å²) in [5.41, 5.74) is 3.96. The van der Waals surface area contributed by atoms with E-state index in [1.54, 1.807) is 0 Å². The second-order valence-corrected chi connectivity index (χ2v) is 7.50. The molecule has 0 saturated heterocycles. The van der Waals surface area contributed by atoms with Gasteiger partial charge in [-0.1, -0.05) is 18.2 Å². The van der Waals surface area contributed by atoms with Crippen LogP contribution in [0.1, 0.15) is 24.0 Å². The minimum Gasteiger partial charge on any atom is -0.454 e. The number of hydrogen-bond acceptors (Lipinski definition) is 4. The molecule has 2 aromatic carbocycles. The van der Waals surface area contributed by atoms with Gasteiger partial charge in [-0.2, -0.15) is 0 Å². The molecule has 0 atom stereocenters. The van der Waals surface area contributed by atoms with Crippen molar-refractivity contribution in [2.24, 2.45) is 5.92 Å². The van der Waals surface area contributed by atoms with Gasteiger partial charge in [-0.25, -0.2) is 4.79 Å². The minimum atomic E-state index is -0.451. The number of aryl methyl sites for hydroxylation is 2. The number of furan rings is 1. The van der Waals surface area contributed by atoms with Gasteiger partial charge in [0.1, 0.15) is 11.2 Å². The van der Waals surface area contributed by atoms with Gasteiger partial charge in [0.2, 0.25) is 5.91 Å². The monoisotopic (exact) mass is 373 g/mol. The molecule has 0 aliphatic heterocycles. The molecule has 28 heavy (non-hydrogen) atoms. The van der Waals surface area contributed by atoms with E-state index in [-0.39, 0.29) is 11.8 Å². The highest BCUT2D eigenvalue weighted by Gasteiger charge is 2.31. The SMILES string of the molecule is Cc1cc(C)c2c(-c3oc4ccccc4c3NC(=O)C3CC3)cc(=O)oc2c1. The summed E-state index contributed by atoms with van der Waals surface area (Å²) in [6.07, 6.45) is 1.82. The maximum absolute atomic E-state index is 12.5. The first kappa shape index (κ1) is 16.8. The predicted molar refractivity (Wildman–Crippen MR) is 109 cm³/mol. The van der Waals surface area contributed by atoms with Crippen molar-refractivity contribution in [3.63, 3.8) is 0 Å². The van der Waals surface area contributed by atoms with Crippen LogP contribution in [0.15, 0.2) is 56.1 Å². The molecule has 0 spiro atoms. The second kappa shape index (κ2) is 6.09. The molecule has 140 valence electrons. The number of benzene rings is 2. The summed E-state index contributed by atoms with van der Waals surface area (Å²) < 4.78 is 11.6. The first-order chi connectivity index (χ1) is 13.5. The molecule has 1 aliphatic rings. The van der Waals surface area contributed by atoms with E-state index in [0.29, 0.717) is 28.2 Å². The first-order valence-corrected chi connectivity index (χ1v) is 9.39. The predicted octanol–water partition coefficient (Wildman–Crippen LogP) is 5.17. The Morgan fingerprint density at radius 1 is 1.04 bits per heavy atom. The third-order valence-corrected chi connectivity index (χ3v) is 5.22. The van der Waals surface area contributed by atoms with E-state index in [1.165, 1.54) is 6.07 Å². The second-order valence-electron chi connectivity index (χ2n) is 7.50. The van der Waals surface area contributed by atoms with Gasteiger partial charge in [-0.05, 0) is 56.0 Å². The molecule has 0 unspecified atom stereocenters. The summed E-state index contributed by atoms with van der Waals surface area (Å²) in [6.45, 7) is 3.94. The van der Waals surface area contributed by atoms with Gasteiger partial charge in [0.05, 0.1) is 5.69 Å². The summed E-state index contributed by atoms with van der Waals surface area (Å²) in [5.74, 6) is 0.538. The zero-order valence-electron chi connectivity index (χ0n) is 15.7. The Hall–Kier alpha value is -3.34. The van der Waals surface area contributed by atoms with Gasteiger partial charge in [-0.15, -0.1) is 0 Å². The molecule has 2 aromatic heterocycles. The number of para-hydroxylation sites is 1. The van der Waals surface area contributed by atoms with Crippen molar-refractivity contribution in [3.8, 4) is 11.3 Å². The zero-order chi connectivity index (χ0) is 19.4. The lowest BCUT2D eigenvalue weighted by Gasteiger charge is -2.10. The average molecular weight is 373 g/mol. The molecular weight excluding hydrogens is 354 g/mol. The van der Waals surface area contributed by atoms with Gasteiger partial charge in [0, 0.05) is 28.3 Å². The number of carbonyl (C=O) groups excluding carboxylic acids is 1. The van der Waals surface area contributed by atoms with E-state index in [2.05, 4.69) is 5.32 Å². The topological polar surface area (TPSA) is 72.5 Å². The Kier molecular flexibility index (Phi) is 3.66. The Morgan fingerprint density at radius 2 is 1.82 bits per heavy atom. The van der Waals surface area contributed by atoms with E-state index in [1.807, 2.05) is 50.2 Å². The Balaban J connectivity index is 1.82. The molecule has 5 nitrogen and oxygen atoms in total. The van der Waals surface area contributed by atoms with Gasteiger partial charge in [0.15, 0.2) is 5.76 Å². The van der Waals surface area contributed by atoms with Crippen molar-refractivity contribution in [1.29, 1.82) is 0 Å². The van der Waals surface area contributed by atoms with E-state index in [0.717, 1.165) is 34.7 Å². The smallest absolute Gasteiger partial charge is 0.336 e. The maximum atomic E-state index is 12.5. The number of amides is 1. The van der Waals surface area contributed by atoms with Crippen molar-refractivity contribution in [1.82, 2.24) is 0 Å². The normalized spacial score (nSPS) is 13.9. The summed E-state index contributed by atoms with van der Waals surface area (Å²) in [4.78, 5) is 24.8. The van der Waals surface area contributed by atoms with Crippen LogP contribution in [0.25, 0.3) is 33.3 Å². The van der Waals surface area contributed by atoms with E-state index in [9.17, 15) is 9.59 Å². The van der Waals surface area contributed by atoms with Crippen LogP contribution in [0.5, 0.6) is 0 Å². The lowest BCUT2D eigenvalue weighted by molar-refractivity contribution is -0.117. The summed E-state index contributed by atoms with van der Waals surface area (Å²) in [5, 5.41) is 4.67. The fourth-order valence-electron chi connectivity index (χ4n) is 3.79. The fourth-order valence-corrected chi connectivity index (χ4v) is 3.79. The molecule has 1 fully saturated rings. The summed E-state index contributed by atoms with van der Waals surface area (Å²) in [7, 11) is 0. The van der Waals surface area contributed by atoms with Crippen LogP contribution in [0.2, 0.25) is 0 Å². The molecule has 0 radical (unpaired) electrons. The lowest BCUT2D eigenvalue weighted by atomic mass is 10.00. The number of fused-ring (bicyclic) bond motifs is 2. The highest BCUT2D eigenvalue weighted by Crippen LogP contribution is 2.42. The highest BCUT2D eigenvalue weighted by atomic mass is 16.4. The van der Waals surface area contributed by atoms with Gasteiger partial charge in [-0.3, -0.25) is 4.79 Å². The minimum absolute atomic E-state index is 0.00681. The summed E-state index contributed by atoms with van der Waals surface area (Å²) >= 11 is 0. The lowest BCUT2D eigenvalue weighted by Crippen LogP contribution is -2.13.